The summed E-state index contributed by atoms with van der Waals surface area (Å²) in [6.45, 7) is 11.7. The van der Waals surface area contributed by atoms with Gasteiger partial charge in [0.05, 0.1) is 25.0 Å². The van der Waals surface area contributed by atoms with Gasteiger partial charge in [-0.15, -0.1) is 0 Å². The molecule has 2 aromatic heterocycles. The van der Waals surface area contributed by atoms with Crippen LogP contribution in [0.2, 0.25) is 0 Å². The van der Waals surface area contributed by atoms with Crippen LogP contribution in [-0.2, 0) is 25.4 Å². The predicted molar refractivity (Wildman–Crippen MR) is 194 cm³/mol. The number of nitrogens with two attached hydrogens (primary N) is 1. The van der Waals surface area contributed by atoms with E-state index in [-0.39, 0.29) is 22.8 Å². The molecule has 0 aromatic carbocycles. The molecule has 2 rings (SSSR count). The number of anilines is 1. The van der Waals surface area contributed by atoms with Crippen molar-refractivity contribution in [3.63, 3.8) is 0 Å². The lowest BCUT2D eigenvalue weighted by Crippen LogP contribution is -2.33. The second kappa shape index (κ2) is 23.7. The second-order valence-corrected chi connectivity index (χ2v) is 17.3. The molecule has 264 valence electrons. The number of thioether (sulfide) groups is 1. The van der Waals surface area contributed by atoms with Gasteiger partial charge in [0.25, 0.3) is 0 Å². The number of carbonyl (C=O) groups excluding carboxylic acids is 1. The molecule has 2 heterocycles. The Morgan fingerprint density at radius 1 is 0.891 bits per heavy atom. The van der Waals surface area contributed by atoms with Gasteiger partial charge >= 0.3 is 0 Å². The Kier molecular flexibility index (Phi) is 21.0. The van der Waals surface area contributed by atoms with E-state index in [1.807, 2.05) is 25.3 Å². The fourth-order valence-electron chi connectivity index (χ4n) is 5.44. The minimum atomic E-state index is -3.02. The van der Waals surface area contributed by atoms with Crippen LogP contribution in [0, 0.1) is 0 Å². The first-order valence-corrected chi connectivity index (χ1v) is 20.8. The highest BCUT2D eigenvalue weighted by Gasteiger charge is 2.28. The lowest BCUT2D eigenvalue weighted by molar-refractivity contribution is -0.112. The molecule has 0 aliphatic rings. The molecule has 0 bridgehead atoms. The van der Waals surface area contributed by atoms with Gasteiger partial charge in [-0.25, -0.2) is 15.0 Å². The van der Waals surface area contributed by atoms with Crippen LogP contribution in [0.5, 0.6) is 0 Å². The molecule has 1 unspecified atom stereocenters. The minimum absolute atomic E-state index is 0.0144. The zero-order valence-corrected chi connectivity index (χ0v) is 31.1. The summed E-state index contributed by atoms with van der Waals surface area (Å²) in [6.07, 6.45) is 22.6. The van der Waals surface area contributed by atoms with Crippen LogP contribution in [0.4, 0.5) is 5.82 Å². The van der Waals surface area contributed by atoms with Gasteiger partial charge in [-0.05, 0) is 26.7 Å². The minimum Gasteiger partial charge on any atom is -0.382 e. The Bertz CT molecular complexity index is 1150. The van der Waals surface area contributed by atoms with Gasteiger partial charge in [0.1, 0.15) is 18.2 Å². The zero-order valence-electron chi connectivity index (χ0n) is 29.4. The van der Waals surface area contributed by atoms with Crippen molar-refractivity contribution in [3.05, 3.63) is 12.7 Å². The van der Waals surface area contributed by atoms with Gasteiger partial charge in [0, 0.05) is 24.6 Å². The topological polar surface area (TPSA) is 134 Å². The van der Waals surface area contributed by atoms with Crippen LogP contribution < -0.4 is 10.8 Å². The van der Waals surface area contributed by atoms with Crippen LogP contribution >= 0.6 is 19.1 Å². The third-order valence-electron chi connectivity index (χ3n) is 8.04. The van der Waals surface area contributed by atoms with Crippen molar-refractivity contribution in [1.82, 2.24) is 24.6 Å². The number of ether oxygens (including phenoxy) is 2. The van der Waals surface area contributed by atoms with E-state index in [1.54, 1.807) is 13.3 Å². The molecule has 3 atom stereocenters. The number of imidazole rings is 1. The summed E-state index contributed by atoms with van der Waals surface area (Å²) in [4.78, 5) is 25.2. The maximum atomic E-state index is 14.0. The van der Waals surface area contributed by atoms with Gasteiger partial charge < -0.3 is 24.3 Å². The summed E-state index contributed by atoms with van der Waals surface area (Å²) in [6, 6.07) is -0.536. The van der Waals surface area contributed by atoms with Gasteiger partial charge in [-0.1, -0.05) is 116 Å². The van der Waals surface area contributed by atoms with Crippen molar-refractivity contribution < 1.29 is 18.8 Å². The van der Waals surface area contributed by atoms with Crippen LogP contribution in [0.15, 0.2) is 12.7 Å². The van der Waals surface area contributed by atoms with E-state index in [0.717, 1.165) is 13.0 Å². The summed E-state index contributed by atoms with van der Waals surface area (Å²) in [5, 5.41) is 3.31. The van der Waals surface area contributed by atoms with E-state index in [9.17, 15) is 9.36 Å². The number of fused-ring (bicyclic) bond motifs is 1. The molecular weight excluding hydrogens is 619 g/mol. The molecule has 12 heteroatoms. The third kappa shape index (κ3) is 17.0. The Hall–Kier alpha value is -1.52. The van der Waals surface area contributed by atoms with E-state index in [2.05, 4.69) is 27.0 Å². The molecule has 0 radical (unpaired) electrons. The van der Waals surface area contributed by atoms with E-state index in [0.29, 0.717) is 42.7 Å². The molecule has 46 heavy (non-hydrogen) atoms. The van der Waals surface area contributed by atoms with Crippen molar-refractivity contribution in [1.29, 1.82) is 0 Å². The number of unbranched alkanes of at least 4 members (excludes halogenated alkanes) is 13. The average Bonchev–Trinajstić information content (AvgIpc) is 3.43. The highest BCUT2D eigenvalue weighted by atomic mass is 32.2. The molecule has 0 spiro atoms. The van der Waals surface area contributed by atoms with Gasteiger partial charge in [-0.3, -0.25) is 9.88 Å². The molecule has 2 aromatic rings. The quantitative estimate of drug-likeness (QED) is 0.0664. The molecule has 3 N–H and O–H groups in total. The van der Waals surface area contributed by atoms with Gasteiger partial charge in [0.2, 0.25) is 5.12 Å². The SMILES string of the molecule is CCCCCCCCCCCCCCCCOCCCP(=O)(CO[C@H](C)Cn1cnc2c(N)ncnc21)N[C@@H](C)C(=O)SC(C)C. The molecule has 0 saturated heterocycles. The Balaban J connectivity index is 1.67. The largest absolute Gasteiger partial charge is 0.382 e. The Morgan fingerprint density at radius 3 is 2.09 bits per heavy atom. The van der Waals surface area contributed by atoms with Crippen molar-refractivity contribution >= 4 is 41.2 Å². The lowest BCUT2D eigenvalue weighted by atomic mass is 10.0. The summed E-state index contributed by atoms with van der Waals surface area (Å²) in [7, 11) is -3.02. The van der Waals surface area contributed by atoms with Crippen molar-refractivity contribution in [3.8, 4) is 0 Å². The van der Waals surface area contributed by atoms with Gasteiger partial charge in [0.15, 0.2) is 18.8 Å². The summed E-state index contributed by atoms with van der Waals surface area (Å²) in [5.41, 5.74) is 7.09. The van der Waals surface area contributed by atoms with E-state index >= 15 is 0 Å². The molecule has 0 saturated carbocycles. The molecular formula is C34H63N6O4PS. The monoisotopic (exact) mass is 682 g/mol. The highest BCUT2D eigenvalue weighted by Crippen LogP contribution is 2.43. The van der Waals surface area contributed by atoms with Crippen molar-refractivity contribution in [2.45, 2.75) is 155 Å². The predicted octanol–water partition coefficient (Wildman–Crippen LogP) is 8.58. The van der Waals surface area contributed by atoms with E-state index < -0.39 is 13.3 Å². The first-order valence-electron chi connectivity index (χ1n) is 17.8. The standard InChI is InChI=1S/C34H63N6O4PS/c1-6-7-8-9-10-11-12-13-14-15-16-17-18-19-21-43-22-20-23-45(42,39-30(5)34(41)46-28(2)3)27-44-29(4)24-40-26-38-31-32(35)36-25-37-33(31)40/h25-26,28-30H,6-24,27H2,1-5H3,(H,39,42)(H2,35,36,37)/t29-,30+,45?/m1/s1. The van der Waals surface area contributed by atoms with Crippen LogP contribution in [0.3, 0.4) is 0 Å². The van der Waals surface area contributed by atoms with Crippen LogP contribution in [0.1, 0.15) is 131 Å². The van der Waals surface area contributed by atoms with Crippen molar-refractivity contribution in [2.75, 3.05) is 31.5 Å². The normalized spacial score (nSPS) is 14.6. The van der Waals surface area contributed by atoms with E-state index in [1.165, 1.54) is 102 Å². The van der Waals surface area contributed by atoms with E-state index in [4.69, 9.17) is 15.2 Å². The number of hydrogen-bond acceptors (Lipinski definition) is 9. The summed E-state index contributed by atoms with van der Waals surface area (Å²) in [5.74, 6) is 0.329. The van der Waals surface area contributed by atoms with Gasteiger partial charge in [-0.2, -0.15) is 0 Å². The first-order chi connectivity index (χ1) is 22.1. The highest BCUT2D eigenvalue weighted by molar-refractivity contribution is 8.14. The number of rotatable bonds is 28. The van der Waals surface area contributed by atoms with Crippen LogP contribution in [0.25, 0.3) is 11.2 Å². The lowest BCUT2D eigenvalue weighted by Gasteiger charge is -2.25. The zero-order chi connectivity index (χ0) is 33.6. The number of nitrogens with one attached hydrogen (secondary N) is 1. The molecule has 0 fully saturated rings. The number of aromatic nitrogens is 4. The number of hydrogen-bond donors (Lipinski definition) is 2. The molecule has 0 amide bonds. The third-order valence-corrected chi connectivity index (χ3v) is 11.6. The van der Waals surface area contributed by atoms with Crippen molar-refractivity contribution in [2.24, 2.45) is 0 Å². The second-order valence-electron chi connectivity index (χ2n) is 12.9. The molecule has 10 nitrogen and oxygen atoms in total. The first kappa shape index (κ1) is 40.7. The Morgan fingerprint density at radius 2 is 1.48 bits per heavy atom. The summed E-state index contributed by atoms with van der Waals surface area (Å²) >= 11 is 1.26. The Labute approximate surface area is 283 Å². The smallest absolute Gasteiger partial charge is 0.206 e. The fraction of sp³-hybridized carbons (Fsp3) is 0.824. The molecule has 0 aliphatic carbocycles. The fourth-order valence-corrected chi connectivity index (χ4v) is 8.54. The number of nitrogens with zero attached hydrogens (tertiary/aromatic N) is 4. The number of nitrogen functional groups attached to an aromatic ring is 1. The summed E-state index contributed by atoms with van der Waals surface area (Å²) < 4.78 is 27.9. The maximum absolute atomic E-state index is 14.0. The number of carbonyl (C=O) groups is 1. The molecule has 0 aliphatic heterocycles. The van der Waals surface area contributed by atoms with Crippen LogP contribution in [-0.4, -0.2) is 67.8 Å². The average molecular weight is 683 g/mol. The maximum Gasteiger partial charge on any atom is 0.206 e.